The lowest BCUT2D eigenvalue weighted by atomic mass is 9.81. The predicted octanol–water partition coefficient (Wildman–Crippen LogP) is 5.08. The molecule has 1 aromatic rings. The molecule has 0 unspecified atom stereocenters. The number of unbranched alkanes of at least 4 members (excludes halogenated alkanes) is 1. The summed E-state index contributed by atoms with van der Waals surface area (Å²) in [6, 6.07) is 4.56. The Morgan fingerprint density at radius 3 is 2.83 bits per heavy atom. The maximum absolute atomic E-state index is 15.0. The second-order valence-corrected chi connectivity index (χ2v) is 10.1. The maximum atomic E-state index is 15.0. The van der Waals surface area contributed by atoms with Gasteiger partial charge in [-0.15, -0.1) is 0 Å². The van der Waals surface area contributed by atoms with Crippen molar-refractivity contribution in [2.24, 2.45) is 10.9 Å². The molecule has 1 fully saturated rings. The van der Waals surface area contributed by atoms with Crippen LogP contribution in [0.1, 0.15) is 58.9 Å². The number of benzene rings is 1. The number of halogens is 1. The Morgan fingerprint density at radius 2 is 2.20 bits per heavy atom. The minimum absolute atomic E-state index is 0.0426. The molecule has 3 rings (SSSR count). The highest BCUT2D eigenvalue weighted by molar-refractivity contribution is 8.13. The molecule has 0 aromatic heterocycles. The first-order chi connectivity index (χ1) is 14.1. The van der Waals surface area contributed by atoms with E-state index in [4.69, 9.17) is 15.5 Å². The van der Waals surface area contributed by atoms with Crippen LogP contribution in [0.4, 0.5) is 14.9 Å². The van der Waals surface area contributed by atoms with Gasteiger partial charge >= 0.3 is 6.09 Å². The number of amidine groups is 1. The molecule has 6 nitrogen and oxygen atoms in total. The Labute approximate surface area is 182 Å². The van der Waals surface area contributed by atoms with Crippen LogP contribution in [0.2, 0.25) is 0 Å². The zero-order chi connectivity index (χ0) is 22.1. The molecule has 8 heteroatoms. The maximum Gasteiger partial charge on any atom is 0.413 e. The smallest absolute Gasteiger partial charge is 0.413 e. The fourth-order valence-electron chi connectivity index (χ4n) is 4.39. The fraction of sp³-hybridized carbons (Fsp3) is 0.636. The quantitative estimate of drug-likeness (QED) is 0.495. The number of nitrogens with zero attached hydrogens (tertiary/aromatic N) is 2. The van der Waals surface area contributed by atoms with Gasteiger partial charge in [0.15, 0.2) is 5.17 Å². The van der Waals surface area contributed by atoms with Gasteiger partial charge in [0.1, 0.15) is 5.82 Å². The summed E-state index contributed by atoms with van der Waals surface area (Å²) < 4.78 is 21.1. The van der Waals surface area contributed by atoms with Crippen LogP contribution in [-0.2, 0) is 10.3 Å². The summed E-state index contributed by atoms with van der Waals surface area (Å²) in [5, 5.41) is 10.3. The summed E-state index contributed by atoms with van der Waals surface area (Å²) >= 11 is 1.42. The molecule has 0 radical (unpaired) electrons. The molecule has 2 aliphatic rings. The number of nitrogens with two attached hydrogens (primary N) is 1. The van der Waals surface area contributed by atoms with Gasteiger partial charge in [0.2, 0.25) is 0 Å². The normalized spacial score (nSPS) is 26.2. The van der Waals surface area contributed by atoms with Crippen LogP contribution in [0.3, 0.4) is 0 Å². The summed E-state index contributed by atoms with van der Waals surface area (Å²) in [5.41, 5.74) is 5.36. The lowest BCUT2D eigenvalue weighted by molar-refractivity contribution is 0.0513. The zero-order valence-corrected chi connectivity index (χ0v) is 19.0. The van der Waals surface area contributed by atoms with Crippen LogP contribution in [0.15, 0.2) is 23.2 Å². The summed E-state index contributed by atoms with van der Waals surface area (Å²) in [7, 11) is 0. The Kier molecular flexibility index (Phi) is 6.67. The average Bonchev–Trinajstić information content (AvgIpc) is 3.01. The lowest BCUT2D eigenvalue weighted by Gasteiger charge is -2.41. The molecule has 1 saturated carbocycles. The van der Waals surface area contributed by atoms with Crippen LogP contribution in [0.25, 0.3) is 0 Å². The van der Waals surface area contributed by atoms with E-state index in [0.717, 1.165) is 19.3 Å². The Hall–Kier alpha value is -1.80. The standard InChI is InChI=1S/C22H32FN3O3S/c1-5-6-9-29-16-10-14-13-30-19(26(20(27)28)21(2,3)4)25-22(14,12-16)17-11-15(24)7-8-18(17)23/h7-8,11,14,16H,5-6,9-10,12-13,24H2,1-4H3,(H,27,28)/t14-,16-,22-/m0/s1. The average molecular weight is 438 g/mol. The molecule has 0 spiro atoms. The molecule has 1 amide bonds. The number of carbonyl (C=O) groups is 1. The van der Waals surface area contributed by atoms with Crippen molar-refractivity contribution < 1.29 is 19.0 Å². The number of anilines is 1. The van der Waals surface area contributed by atoms with E-state index < -0.39 is 17.2 Å². The molecule has 1 heterocycles. The number of fused-ring (bicyclic) bond motifs is 1. The fourth-order valence-corrected chi connectivity index (χ4v) is 5.86. The van der Waals surface area contributed by atoms with Gasteiger partial charge in [-0.3, -0.25) is 4.90 Å². The second kappa shape index (κ2) is 8.75. The third kappa shape index (κ3) is 4.44. The van der Waals surface area contributed by atoms with Crippen LogP contribution >= 0.6 is 11.8 Å². The van der Waals surface area contributed by atoms with Crippen molar-refractivity contribution in [2.75, 3.05) is 18.1 Å². The number of rotatable bonds is 5. The number of hydrogen-bond donors (Lipinski definition) is 2. The summed E-state index contributed by atoms with van der Waals surface area (Å²) in [4.78, 5) is 18.3. The zero-order valence-electron chi connectivity index (χ0n) is 18.2. The van der Waals surface area contributed by atoms with Crippen molar-refractivity contribution in [1.82, 2.24) is 4.90 Å². The first-order valence-corrected chi connectivity index (χ1v) is 11.5. The van der Waals surface area contributed by atoms with Crippen molar-refractivity contribution in [3.63, 3.8) is 0 Å². The van der Waals surface area contributed by atoms with E-state index in [-0.39, 0.29) is 17.8 Å². The number of nitrogen functional groups attached to an aromatic ring is 1. The van der Waals surface area contributed by atoms with Crippen molar-refractivity contribution in [1.29, 1.82) is 0 Å². The van der Waals surface area contributed by atoms with Crippen LogP contribution < -0.4 is 5.73 Å². The largest absolute Gasteiger partial charge is 0.465 e. The van der Waals surface area contributed by atoms with E-state index in [1.165, 1.54) is 28.8 Å². The van der Waals surface area contributed by atoms with Gasteiger partial charge < -0.3 is 15.6 Å². The Balaban J connectivity index is 2.08. The predicted molar refractivity (Wildman–Crippen MR) is 119 cm³/mol. The van der Waals surface area contributed by atoms with Crippen molar-refractivity contribution in [2.45, 2.75) is 70.6 Å². The Bertz CT molecular complexity index is 826. The van der Waals surface area contributed by atoms with Gasteiger partial charge in [0, 0.05) is 41.5 Å². The minimum Gasteiger partial charge on any atom is -0.465 e. The van der Waals surface area contributed by atoms with Gasteiger partial charge in [-0.1, -0.05) is 25.1 Å². The summed E-state index contributed by atoms with van der Waals surface area (Å²) in [6.45, 7) is 8.26. The van der Waals surface area contributed by atoms with E-state index in [1.54, 1.807) is 6.07 Å². The van der Waals surface area contributed by atoms with E-state index in [1.807, 2.05) is 20.8 Å². The number of aliphatic imine (C=N–C) groups is 1. The highest BCUT2D eigenvalue weighted by Crippen LogP contribution is 2.53. The molecular weight excluding hydrogens is 405 g/mol. The molecule has 3 atom stereocenters. The highest BCUT2D eigenvalue weighted by atomic mass is 32.2. The molecule has 166 valence electrons. The topological polar surface area (TPSA) is 88.1 Å². The molecule has 3 N–H and O–H groups in total. The van der Waals surface area contributed by atoms with Crippen LogP contribution in [0, 0.1) is 11.7 Å². The van der Waals surface area contributed by atoms with Gasteiger partial charge in [-0.25, -0.2) is 14.2 Å². The molecule has 0 bridgehead atoms. The molecule has 1 aliphatic carbocycles. The first-order valence-electron chi connectivity index (χ1n) is 10.5. The van der Waals surface area contributed by atoms with E-state index in [9.17, 15) is 9.90 Å². The molecule has 1 aliphatic heterocycles. The molecule has 30 heavy (non-hydrogen) atoms. The van der Waals surface area contributed by atoms with Crippen LogP contribution in [0.5, 0.6) is 0 Å². The van der Waals surface area contributed by atoms with Crippen LogP contribution in [-0.4, -0.2) is 45.3 Å². The van der Waals surface area contributed by atoms with Crippen molar-refractivity contribution >= 4 is 28.7 Å². The third-order valence-corrected chi connectivity index (χ3v) is 6.93. The van der Waals surface area contributed by atoms with E-state index in [0.29, 0.717) is 35.2 Å². The number of hydrogen-bond acceptors (Lipinski definition) is 5. The second-order valence-electron chi connectivity index (χ2n) is 9.14. The van der Waals surface area contributed by atoms with Gasteiger partial charge in [0.05, 0.1) is 11.6 Å². The minimum atomic E-state index is -1.07. The third-order valence-electron chi connectivity index (χ3n) is 5.83. The van der Waals surface area contributed by atoms with Crippen molar-refractivity contribution in [3.05, 3.63) is 29.6 Å². The molecular formula is C22H32FN3O3S. The monoisotopic (exact) mass is 437 g/mol. The van der Waals surface area contributed by atoms with E-state index >= 15 is 4.39 Å². The first kappa shape index (κ1) is 22.9. The SMILES string of the molecule is CCCCO[C@H]1C[C@H]2CSC(N(C(=O)O)C(C)(C)C)=N[C@@]2(c2cc(N)ccc2F)C1. The van der Waals surface area contributed by atoms with Crippen molar-refractivity contribution in [3.8, 4) is 0 Å². The van der Waals surface area contributed by atoms with Gasteiger partial charge in [-0.05, 0) is 51.8 Å². The summed E-state index contributed by atoms with van der Waals surface area (Å²) in [6.07, 6.45) is 2.19. The van der Waals surface area contributed by atoms with E-state index in [2.05, 4.69) is 6.92 Å². The number of amides is 1. The number of thioether (sulfide) groups is 1. The molecule has 0 saturated heterocycles. The van der Waals surface area contributed by atoms with Gasteiger partial charge in [-0.2, -0.15) is 0 Å². The highest BCUT2D eigenvalue weighted by Gasteiger charge is 2.53. The number of ether oxygens (including phenoxy) is 1. The summed E-state index contributed by atoms with van der Waals surface area (Å²) in [5.74, 6) is 0.335. The Morgan fingerprint density at radius 1 is 1.47 bits per heavy atom. The lowest BCUT2D eigenvalue weighted by Crippen LogP contribution is -2.50. The van der Waals surface area contributed by atoms with Gasteiger partial charge in [0.25, 0.3) is 0 Å². The number of carboxylic acid groups (broad SMARTS) is 1. The molecule has 1 aromatic carbocycles.